The van der Waals surface area contributed by atoms with Gasteiger partial charge in [-0.25, -0.2) is 4.79 Å². The topological polar surface area (TPSA) is 84.9 Å². The lowest BCUT2D eigenvalue weighted by atomic mass is 10.0. The van der Waals surface area contributed by atoms with Gasteiger partial charge in [0, 0.05) is 19.4 Å². The first-order valence-corrected chi connectivity index (χ1v) is 6.76. The van der Waals surface area contributed by atoms with Gasteiger partial charge in [0.2, 0.25) is 0 Å². The third-order valence-corrected chi connectivity index (χ3v) is 3.51. The predicted molar refractivity (Wildman–Crippen MR) is 76.3 cm³/mol. The van der Waals surface area contributed by atoms with E-state index in [0.717, 1.165) is 6.42 Å². The zero-order chi connectivity index (χ0) is 15.5. The van der Waals surface area contributed by atoms with Gasteiger partial charge in [-0.3, -0.25) is 4.79 Å². The Morgan fingerprint density at radius 1 is 1.43 bits per heavy atom. The molecule has 21 heavy (non-hydrogen) atoms. The summed E-state index contributed by atoms with van der Waals surface area (Å²) in [4.78, 5) is 23.4. The fraction of sp³-hybridized carbons (Fsp3) is 0.467. The fourth-order valence-electron chi connectivity index (χ4n) is 2.36. The summed E-state index contributed by atoms with van der Waals surface area (Å²) < 4.78 is 10.5. The van der Waals surface area contributed by atoms with Crippen LogP contribution in [0.1, 0.15) is 35.7 Å². The fourth-order valence-corrected chi connectivity index (χ4v) is 2.36. The van der Waals surface area contributed by atoms with Crippen molar-refractivity contribution in [2.75, 3.05) is 19.0 Å². The molecule has 1 atom stereocenters. The van der Waals surface area contributed by atoms with Crippen LogP contribution < -0.4 is 5.32 Å². The highest BCUT2D eigenvalue weighted by molar-refractivity contribution is 5.98. The van der Waals surface area contributed by atoms with E-state index in [-0.39, 0.29) is 18.1 Å². The third kappa shape index (κ3) is 3.59. The van der Waals surface area contributed by atoms with E-state index in [9.17, 15) is 9.59 Å². The predicted octanol–water partition coefficient (Wildman–Crippen LogP) is 2.04. The van der Waals surface area contributed by atoms with E-state index >= 15 is 0 Å². The molecule has 1 amide bonds. The molecule has 2 N–H and O–H groups in total. The van der Waals surface area contributed by atoms with Crippen LogP contribution in [-0.2, 0) is 20.9 Å². The molecule has 0 spiro atoms. The maximum atomic E-state index is 12.3. The van der Waals surface area contributed by atoms with Crippen molar-refractivity contribution in [1.82, 2.24) is 0 Å². The number of carboxylic acid groups (broad SMARTS) is 1. The summed E-state index contributed by atoms with van der Waals surface area (Å²) in [6.45, 7) is 2.58. The molecule has 1 saturated heterocycles. The number of aromatic carboxylic acids is 1. The first-order chi connectivity index (χ1) is 9.94. The van der Waals surface area contributed by atoms with Crippen LogP contribution in [0.5, 0.6) is 0 Å². The van der Waals surface area contributed by atoms with Gasteiger partial charge in [0.15, 0.2) is 0 Å². The summed E-state index contributed by atoms with van der Waals surface area (Å²) >= 11 is 0. The van der Waals surface area contributed by atoms with Crippen LogP contribution in [0.4, 0.5) is 5.69 Å². The zero-order valence-corrected chi connectivity index (χ0v) is 12.1. The Hall–Kier alpha value is -1.92. The first-order valence-electron chi connectivity index (χ1n) is 6.76. The highest BCUT2D eigenvalue weighted by atomic mass is 16.5. The average molecular weight is 293 g/mol. The molecule has 6 nitrogen and oxygen atoms in total. The van der Waals surface area contributed by atoms with Gasteiger partial charge in [0.1, 0.15) is 5.60 Å². The molecule has 6 heteroatoms. The molecule has 0 aliphatic carbocycles. The molecule has 1 fully saturated rings. The van der Waals surface area contributed by atoms with Gasteiger partial charge in [0.25, 0.3) is 5.91 Å². The number of ether oxygens (including phenoxy) is 2. The molecule has 1 aromatic rings. The summed E-state index contributed by atoms with van der Waals surface area (Å²) in [7, 11) is 1.53. The summed E-state index contributed by atoms with van der Waals surface area (Å²) in [6, 6.07) is 4.65. The standard InChI is InChI=1S/C15H19NO5/c1-15(4-3-5-21-15)14(19)16-12-7-10(9-20-2)6-11(8-12)13(17)18/h6-8H,3-5,9H2,1-2H3,(H,16,19)(H,17,18). The number of benzene rings is 1. The Bertz CT molecular complexity index is 549. The number of amides is 1. The zero-order valence-electron chi connectivity index (χ0n) is 12.1. The lowest BCUT2D eigenvalue weighted by Gasteiger charge is -2.22. The first kappa shape index (κ1) is 15.5. The van der Waals surface area contributed by atoms with Crippen LogP contribution in [0, 0.1) is 0 Å². The largest absolute Gasteiger partial charge is 0.478 e. The van der Waals surface area contributed by atoms with Crippen molar-refractivity contribution in [3.63, 3.8) is 0 Å². The van der Waals surface area contributed by atoms with Crippen LogP contribution >= 0.6 is 0 Å². The lowest BCUT2D eigenvalue weighted by Crippen LogP contribution is -2.39. The monoisotopic (exact) mass is 293 g/mol. The van der Waals surface area contributed by atoms with Crippen LogP contribution in [0.25, 0.3) is 0 Å². The van der Waals surface area contributed by atoms with Crippen molar-refractivity contribution in [1.29, 1.82) is 0 Å². The van der Waals surface area contributed by atoms with Gasteiger partial charge in [-0.15, -0.1) is 0 Å². The van der Waals surface area contributed by atoms with Crippen molar-refractivity contribution in [3.05, 3.63) is 29.3 Å². The minimum atomic E-state index is -1.05. The Balaban J connectivity index is 2.22. The number of hydrogen-bond donors (Lipinski definition) is 2. The molecular formula is C15H19NO5. The number of rotatable bonds is 5. The molecular weight excluding hydrogens is 274 g/mol. The van der Waals surface area contributed by atoms with E-state index in [2.05, 4.69) is 5.32 Å². The maximum absolute atomic E-state index is 12.3. The number of carbonyl (C=O) groups excluding carboxylic acids is 1. The molecule has 2 rings (SSSR count). The lowest BCUT2D eigenvalue weighted by molar-refractivity contribution is -0.133. The van der Waals surface area contributed by atoms with Gasteiger partial charge in [-0.1, -0.05) is 0 Å². The number of nitrogens with one attached hydrogen (secondary N) is 1. The number of hydrogen-bond acceptors (Lipinski definition) is 4. The van der Waals surface area contributed by atoms with Gasteiger partial charge in [-0.2, -0.15) is 0 Å². The van der Waals surface area contributed by atoms with Gasteiger partial charge >= 0.3 is 5.97 Å². The number of carbonyl (C=O) groups is 2. The molecule has 1 unspecified atom stereocenters. The summed E-state index contributed by atoms with van der Waals surface area (Å²) in [5.74, 6) is -1.31. The van der Waals surface area contributed by atoms with E-state index in [1.807, 2.05) is 0 Å². The number of carboxylic acids is 1. The molecule has 1 aliphatic rings. The van der Waals surface area contributed by atoms with E-state index in [1.54, 1.807) is 13.0 Å². The quantitative estimate of drug-likeness (QED) is 0.867. The smallest absolute Gasteiger partial charge is 0.335 e. The molecule has 0 radical (unpaired) electrons. The summed E-state index contributed by atoms with van der Waals surface area (Å²) in [5, 5.41) is 11.9. The second-order valence-electron chi connectivity index (χ2n) is 5.29. The van der Waals surface area contributed by atoms with Crippen LogP contribution in [0.3, 0.4) is 0 Å². The van der Waals surface area contributed by atoms with Gasteiger partial charge < -0.3 is 19.9 Å². The van der Waals surface area contributed by atoms with Crippen molar-refractivity contribution in [3.8, 4) is 0 Å². The summed E-state index contributed by atoms with van der Waals surface area (Å²) in [6.07, 6.45) is 1.50. The minimum absolute atomic E-state index is 0.109. The van der Waals surface area contributed by atoms with Crippen molar-refractivity contribution in [2.45, 2.75) is 32.0 Å². The van der Waals surface area contributed by atoms with E-state index < -0.39 is 11.6 Å². The molecule has 1 aromatic carbocycles. The van der Waals surface area contributed by atoms with Crippen molar-refractivity contribution in [2.24, 2.45) is 0 Å². The highest BCUT2D eigenvalue weighted by Crippen LogP contribution is 2.27. The van der Waals surface area contributed by atoms with Gasteiger partial charge in [-0.05, 0) is 43.5 Å². The van der Waals surface area contributed by atoms with Crippen LogP contribution in [-0.4, -0.2) is 36.3 Å². The number of anilines is 1. The van der Waals surface area contributed by atoms with Crippen LogP contribution in [0.2, 0.25) is 0 Å². The van der Waals surface area contributed by atoms with Crippen molar-refractivity contribution < 1.29 is 24.2 Å². The van der Waals surface area contributed by atoms with Crippen LogP contribution in [0.15, 0.2) is 18.2 Å². The normalized spacial score (nSPS) is 21.2. The maximum Gasteiger partial charge on any atom is 0.335 e. The number of methoxy groups -OCH3 is 1. The second-order valence-corrected chi connectivity index (χ2v) is 5.29. The molecule has 0 aromatic heterocycles. The Kier molecular flexibility index (Phi) is 4.59. The molecule has 114 valence electrons. The molecule has 1 aliphatic heterocycles. The second kappa shape index (κ2) is 6.24. The Morgan fingerprint density at radius 3 is 2.76 bits per heavy atom. The molecule has 0 saturated carbocycles. The minimum Gasteiger partial charge on any atom is -0.478 e. The van der Waals surface area contributed by atoms with E-state index in [0.29, 0.717) is 24.3 Å². The Labute approximate surface area is 123 Å². The molecule has 0 bridgehead atoms. The molecule has 1 heterocycles. The van der Waals surface area contributed by atoms with E-state index in [1.165, 1.54) is 19.2 Å². The van der Waals surface area contributed by atoms with E-state index in [4.69, 9.17) is 14.6 Å². The highest BCUT2D eigenvalue weighted by Gasteiger charge is 2.37. The average Bonchev–Trinajstić information content (AvgIpc) is 2.87. The Morgan fingerprint density at radius 2 is 2.19 bits per heavy atom. The van der Waals surface area contributed by atoms with Gasteiger partial charge in [0.05, 0.1) is 12.2 Å². The third-order valence-electron chi connectivity index (χ3n) is 3.51. The SMILES string of the molecule is COCc1cc(NC(=O)C2(C)CCCO2)cc(C(=O)O)c1. The van der Waals surface area contributed by atoms with Crippen molar-refractivity contribution >= 4 is 17.6 Å². The summed E-state index contributed by atoms with van der Waals surface area (Å²) in [5.41, 5.74) is 0.381.